The summed E-state index contributed by atoms with van der Waals surface area (Å²) in [6, 6.07) is 10.8. The Balaban J connectivity index is 2.74. The summed E-state index contributed by atoms with van der Waals surface area (Å²) in [4.78, 5) is 0. The lowest BCUT2D eigenvalue weighted by Gasteiger charge is -2.11. The molecule has 0 unspecified atom stereocenters. The fourth-order valence-electron chi connectivity index (χ4n) is 1.56. The summed E-state index contributed by atoms with van der Waals surface area (Å²) in [6.07, 6.45) is 0. The Bertz CT molecular complexity index is 539. The molecule has 0 radical (unpaired) electrons. The Kier molecular flexibility index (Phi) is 2.95. The molecule has 0 saturated carbocycles. The lowest BCUT2D eigenvalue weighted by atomic mass is 10.0. The van der Waals surface area contributed by atoms with E-state index in [2.05, 4.69) is 0 Å². The summed E-state index contributed by atoms with van der Waals surface area (Å²) in [7, 11) is 0. The summed E-state index contributed by atoms with van der Waals surface area (Å²) in [6.45, 7) is 0. The van der Waals surface area contributed by atoms with Gasteiger partial charge in [0.25, 0.3) is 0 Å². The highest BCUT2D eigenvalue weighted by Crippen LogP contribution is 2.40. The standard InChI is InChI=1S/C12H10Cl2N2/c13-8-5-6-10(16)11(12(8)14)7-3-1-2-4-9(7)15/h1-6H,15-16H2. The van der Waals surface area contributed by atoms with Crippen molar-refractivity contribution in [2.45, 2.75) is 0 Å². The zero-order valence-electron chi connectivity index (χ0n) is 8.37. The Labute approximate surface area is 104 Å². The summed E-state index contributed by atoms with van der Waals surface area (Å²) >= 11 is 12.1. The van der Waals surface area contributed by atoms with Gasteiger partial charge in [0.1, 0.15) is 0 Å². The molecule has 2 aromatic carbocycles. The van der Waals surface area contributed by atoms with Gasteiger partial charge in [0, 0.05) is 22.5 Å². The van der Waals surface area contributed by atoms with Gasteiger partial charge in [-0.15, -0.1) is 0 Å². The summed E-state index contributed by atoms with van der Waals surface area (Å²) in [5, 5.41) is 0.897. The van der Waals surface area contributed by atoms with Crippen molar-refractivity contribution in [1.29, 1.82) is 0 Å². The zero-order chi connectivity index (χ0) is 11.7. The number of para-hydroxylation sites is 1. The van der Waals surface area contributed by atoms with E-state index in [1.54, 1.807) is 18.2 Å². The van der Waals surface area contributed by atoms with Crippen LogP contribution in [-0.4, -0.2) is 0 Å². The van der Waals surface area contributed by atoms with Crippen LogP contribution in [0.1, 0.15) is 0 Å². The average Bonchev–Trinajstić information content (AvgIpc) is 2.27. The smallest absolute Gasteiger partial charge is 0.0692 e. The van der Waals surface area contributed by atoms with Crippen molar-refractivity contribution >= 4 is 34.6 Å². The normalized spacial score (nSPS) is 10.4. The molecule has 2 nitrogen and oxygen atoms in total. The number of rotatable bonds is 1. The van der Waals surface area contributed by atoms with Gasteiger partial charge >= 0.3 is 0 Å². The Morgan fingerprint density at radius 1 is 0.812 bits per heavy atom. The predicted octanol–water partition coefficient (Wildman–Crippen LogP) is 3.82. The molecule has 0 saturated heterocycles. The largest absolute Gasteiger partial charge is 0.398 e. The van der Waals surface area contributed by atoms with Crippen LogP contribution in [0.5, 0.6) is 0 Å². The van der Waals surface area contributed by atoms with Crippen LogP contribution in [0.2, 0.25) is 10.0 Å². The number of hydrogen-bond acceptors (Lipinski definition) is 2. The first kappa shape index (κ1) is 11.1. The van der Waals surface area contributed by atoms with Crippen molar-refractivity contribution in [3.05, 3.63) is 46.4 Å². The molecule has 2 aromatic rings. The first-order chi connectivity index (χ1) is 7.61. The van der Waals surface area contributed by atoms with Gasteiger partial charge in [-0.25, -0.2) is 0 Å². The SMILES string of the molecule is Nc1ccccc1-c1c(N)ccc(Cl)c1Cl. The molecule has 0 aromatic heterocycles. The van der Waals surface area contributed by atoms with E-state index >= 15 is 0 Å². The maximum absolute atomic E-state index is 6.14. The molecule has 4 N–H and O–H groups in total. The van der Waals surface area contributed by atoms with Crippen LogP contribution in [0.25, 0.3) is 11.1 Å². The molecule has 2 rings (SSSR count). The fraction of sp³-hybridized carbons (Fsp3) is 0. The number of benzene rings is 2. The minimum absolute atomic E-state index is 0.430. The van der Waals surface area contributed by atoms with Gasteiger partial charge in [-0.1, -0.05) is 41.4 Å². The second-order valence-corrected chi connectivity index (χ2v) is 4.20. The van der Waals surface area contributed by atoms with Crippen LogP contribution in [0.3, 0.4) is 0 Å². The second kappa shape index (κ2) is 4.24. The highest BCUT2D eigenvalue weighted by Gasteiger charge is 2.12. The maximum atomic E-state index is 6.14. The van der Waals surface area contributed by atoms with E-state index < -0.39 is 0 Å². The first-order valence-electron chi connectivity index (χ1n) is 4.69. The molecule has 0 amide bonds. The fourth-order valence-corrected chi connectivity index (χ4v) is 2.00. The number of nitrogen functional groups attached to an aromatic ring is 2. The molecular formula is C12H10Cl2N2. The average molecular weight is 253 g/mol. The Morgan fingerprint density at radius 3 is 2.19 bits per heavy atom. The molecule has 0 heterocycles. The van der Waals surface area contributed by atoms with E-state index in [1.807, 2.05) is 18.2 Å². The molecule has 0 fully saturated rings. The highest BCUT2D eigenvalue weighted by molar-refractivity contribution is 6.44. The summed E-state index contributed by atoms with van der Waals surface area (Å²) in [5.74, 6) is 0. The molecule has 0 bridgehead atoms. The molecule has 0 atom stereocenters. The lowest BCUT2D eigenvalue weighted by Crippen LogP contribution is -1.95. The third kappa shape index (κ3) is 1.82. The monoisotopic (exact) mass is 252 g/mol. The quantitative estimate of drug-likeness (QED) is 0.759. The zero-order valence-corrected chi connectivity index (χ0v) is 9.89. The van der Waals surface area contributed by atoms with E-state index in [0.29, 0.717) is 27.0 Å². The predicted molar refractivity (Wildman–Crippen MR) is 70.7 cm³/mol. The molecule has 4 heteroatoms. The molecule has 0 aliphatic heterocycles. The van der Waals surface area contributed by atoms with E-state index in [1.165, 1.54) is 0 Å². The van der Waals surface area contributed by atoms with Crippen LogP contribution in [0, 0.1) is 0 Å². The van der Waals surface area contributed by atoms with E-state index in [-0.39, 0.29) is 0 Å². The van der Waals surface area contributed by atoms with Gasteiger partial charge in [-0.3, -0.25) is 0 Å². The van der Waals surface area contributed by atoms with Crippen molar-refractivity contribution in [2.24, 2.45) is 0 Å². The molecule has 0 aliphatic rings. The third-order valence-corrected chi connectivity index (χ3v) is 3.16. The minimum atomic E-state index is 0.430. The second-order valence-electron chi connectivity index (χ2n) is 3.41. The highest BCUT2D eigenvalue weighted by atomic mass is 35.5. The van der Waals surface area contributed by atoms with Crippen LogP contribution in [0.15, 0.2) is 36.4 Å². The van der Waals surface area contributed by atoms with Crippen LogP contribution in [0.4, 0.5) is 11.4 Å². The van der Waals surface area contributed by atoms with Gasteiger partial charge < -0.3 is 11.5 Å². The maximum Gasteiger partial charge on any atom is 0.0692 e. The third-order valence-electron chi connectivity index (χ3n) is 2.36. The van der Waals surface area contributed by atoms with Gasteiger partial charge in [0.05, 0.1) is 10.0 Å². The minimum Gasteiger partial charge on any atom is -0.398 e. The van der Waals surface area contributed by atoms with Gasteiger partial charge in [-0.05, 0) is 18.2 Å². The molecule has 0 spiro atoms. The van der Waals surface area contributed by atoms with Crippen LogP contribution >= 0.6 is 23.2 Å². The van der Waals surface area contributed by atoms with Crippen LogP contribution in [-0.2, 0) is 0 Å². The van der Waals surface area contributed by atoms with Crippen molar-refractivity contribution in [2.75, 3.05) is 11.5 Å². The van der Waals surface area contributed by atoms with Gasteiger partial charge in [-0.2, -0.15) is 0 Å². The number of halogens is 2. The Hall–Kier alpha value is -1.38. The first-order valence-corrected chi connectivity index (χ1v) is 5.45. The van der Waals surface area contributed by atoms with Crippen molar-refractivity contribution < 1.29 is 0 Å². The molecular weight excluding hydrogens is 243 g/mol. The van der Waals surface area contributed by atoms with Crippen molar-refractivity contribution in [1.82, 2.24) is 0 Å². The van der Waals surface area contributed by atoms with E-state index in [9.17, 15) is 0 Å². The number of nitrogens with two attached hydrogens (primary N) is 2. The van der Waals surface area contributed by atoms with E-state index in [0.717, 1.165) is 5.56 Å². The molecule has 0 aliphatic carbocycles. The van der Waals surface area contributed by atoms with Crippen LogP contribution < -0.4 is 11.5 Å². The van der Waals surface area contributed by atoms with Crippen molar-refractivity contribution in [3.8, 4) is 11.1 Å². The molecule has 82 valence electrons. The van der Waals surface area contributed by atoms with E-state index in [4.69, 9.17) is 34.7 Å². The lowest BCUT2D eigenvalue weighted by molar-refractivity contribution is 1.60. The summed E-state index contributed by atoms with van der Waals surface area (Å²) < 4.78 is 0. The van der Waals surface area contributed by atoms with Crippen molar-refractivity contribution in [3.63, 3.8) is 0 Å². The molecule has 16 heavy (non-hydrogen) atoms. The number of anilines is 2. The topological polar surface area (TPSA) is 52.0 Å². The Morgan fingerprint density at radius 2 is 1.50 bits per heavy atom. The number of hydrogen-bond donors (Lipinski definition) is 2. The van der Waals surface area contributed by atoms with Gasteiger partial charge in [0.2, 0.25) is 0 Å². The van der Waals surface area contributed by atoms with Gasteiger partial charge in [0.15, 0.2) is 0 Å². The summed E-state index contributed by atoms with van der Waals surface area (Å²) in [5.41, 5.74) is 14.4.